The fourth-order valence-electron chi connectivity index (χ4n) is 2.64. The first-order valence-corrected chi connectivity index (χ1v) is 7.27. The largest absolute Gasteiger partial charge is 0.285 e. The molecule has 3 rings (SSSR count). The van der Waals surface area contributed by atoms with E-state index in [0.29, 0.717) is 0 Å². The van der Waals surface area contributed by atoms with Crippen LogP contribution < -0.4 is 0 Å². The van der Waals surface area contributed by atoms with Gasteiger partial charge in [0.05, 0.1) is 6.54 Å². The Balaban J connectivity index is 1.84. The van der Waals surface area contributed by atoms with Gasteiger partial charge in [-0.2, -0.15) is 0 Å². The van der Waals surface area contributed by atoms with Crippen LogP contribution in [0, 0.1) is 0 Å². The Morgan fingerprint density at radius 1 is 1.05 bits per heavy atom. The molecule has 1 aliphatic rings. The summed E-state index contributed by atoms with van der Waals surface area (Å²) in [7, 11) is 0. The van der Waals surface area contributed by atoms with E-state index in [2.05, 4.69) is 68.1 Å². The first-order valence-electron chi connectivity index (χ1n) is 7.27. The van der Waals surface area contributed by atoms with Crippen molar-refractivity contribution in [3.8, 4) is 0 Å². The van der Waals surface area contributed by atoms with Gasteiger partial charge in [-0.25, -0.2) is 0 Å². The van der Waals surface area contributed by atoms with Crippen molar-refractivity contribution >= 4 is 17.4 Å². The number of nitrogens with zero attached hydrogens (tertiary/aromatic N) is 1. The molecule has 21 heavy (non-hydrogen) atoms. The lowest BCUT2D eigenvalue weighted by atomic mass is 9.87. The molecule has 0 aliphatic heterocycles. The Labute approximate surface area is 126 Å². The van der Waals surface area contributed by atoms with E-state index in [1.54, 1.807) is 0 Å². The molecule has 1 heteroatoms. The van der Waals surface area contributed by atoms with E-state index < -0.39 is 0 Å². The van der Waals surface area contributed by atoms with Crippen LogP contribution in [-0.4, -0.2) is 5.71 Å². The quantitative estimate of drug-likeness (QED) is 0.686. The highest BCUT2D eigenvalue weighted by molar-refractivity contribution is 6.05. The van der Waals surface area contributed by atoms with Crippen LogP contribution >= 0.6 is 0 Å². The highest BCUT2D eigenvalue weighted by atomic mass is 14.7. The van der Waals surface area contributed by atoms with Gasteiger partial charge in [-0.05, 0) is 47.3 Å². The molecule has 1 nitrogen and oxygen atoms in total. The van der Waals surface area contributed by atoms with Crippen molar-refractivity contribution in [3.63, 3.8) is 0 Å². The summed E-state index contributed by atoms with van der Waals surface area (Å²) in [5.74, 6) is 0. The first kappa shape index (κ1) is 13.6. The average Bonchev–Trinajstić information content (AvgIpc) is 2.53. The van der Waals surface area contributed by atoms with Gasteiger partial charge in [-0.15, -0.1) is 0 Å². The zero-order valence-electron chi connectivity index (χ0n) is 12.3. The smallest absolute Gasteiger partial charge is 0.0643 e. The van der Waals surface area contributed by atoms with Crippen LogP contribution in [0.1, 0.15) is 30.0 Å². The molecule has 1 aliphatic carbocycles. The highest BCUT2D eigenvalue weighted by Crippen LogP contribution is 2.32. The number of hydrogen-bond acceptors (Lipinski definition) is 1. The molecule has 104 valence electrons. The van der Waals surface area contributed by atoms with Crippen LogP contribution in [0.5, 0.6) is 0 Å². The van der Waals surface area contributed by atoms with Crippen molar-refractivity contribution in [2.75, 3.05) is 0 Å². The Morgan fingerprint density at radius 2 is 1.76 bits per heavy atom. The molecule has 0 atom stereocenters. The zero-order valence-corrected chi connectivity index (χ0v) is 12.3. The average molecular weight is 273 g/mol. The fraction of sp³-hybridized carbons (Fsp3) is 0.150. The number of allylic oxidation sites excluding steroid dienone is 2. The van der Waals surface area contributed by atoms with E-state index >= 15 is 0 Å². The van der Waals surface area contributed by atoms with Gasteiger partial charge in [0.15, 0.2) is 0 Å². The summed E-state index contributed by atoms with van der Waals surface area (Å²) >= 11 is 0. The Bertz CT molecular complexity index is 721. The summed E-state index contributed by atoms with van der Waals surface area (Å²) in [6.07, 6.45) is 3.13. The summed E-state index contributed by atoms with van der Waals surface area (Å²) < 4.78 is 0. The number of fused-ring (bicyclic) bond motifs is 1. The second-order valence-electron chi connectivity index (χ2n) is 5.42. The summed E-state index contributed by atoms with van der Waals surface area (Å²) in [5.41, 5.74) is 7.31. The molecule has 0 spiro atoms. The molecule has 2 aromatic rings. The minimum absolute atomic E-state index is 0.734. The van der Waals surface area contributed by atoms with E-state index in [9.17, 15) is 0 Å². The SMILES string of the molecule is C=C1CC(C(C)=NCc2ccccc2)=Cc2ccccc21. The van der Waals surface area contributed by atoms with Crippen molar-refractivity contribution in [1.82, 2.24) is 0 Å². The van der Waals surface area contributed by atoms with Gasteiger partial charge in [-0.1, -0.05) is 61.2 Å². The number of hydrogen-bond donors (Lipinski definition) is 0. The van der Waals surface area contributed by atoms with Crippen molar-refractivity contribution in [2.24, 2.45) is 4.99 Å². The van der Waals surface area contributed by atoms with E-state index in [4.69, 9.17) is 4.99 Å². The first-order chi connectivity index (χ1) is 10.2. The maximum absolute atomic E-state index is 4.73. The van der Waals surface area contributed by atoms with E-state index in [-0.39, 0.29) is 0 Å². The van der Waals surface area contributed by atoms with Gasteiger partial charge in [0, 0.05) is 5.71 Å². The van der Waals surface area contributed by atoms with Crippen LogP contribution in [0.25, 0.3) is 11.6 Å². The minimum atomic E-state index is 0.734. The second kappa shape index (κ2) is 5.92. The van der Waals surface area contributed by atoms with Gasteiger partial charge in [0.25, 0.3) is 0 Å². The van der Waals surface area contributed by atoms with E-state index in [0.717, 1.165) is 18.7 Å². The summed E-state index contributed by atoms with van der Waals surface area (Å²) in [5, 5.41) is 0. The molecular weight excluding hydrogens is 254 g/mol. The van der Waals surface area contributed by atoms with Crippen molar-refractivity contribution < 1.29 is 0 Å². The van der Waals surface area contributed by atoms with Crippen molar-refractivity contribution in [2.45, 2.75) is 19.9 Å². The third-order valence-electron chi connectivity index (χ3n) is 3.88. The van der Waals surface area contributed by atoms with E-state index in [1.807, 2.05) is 6.07 Å². The van der Waals surface area contributed by atoms with Crippen LogP contribution in [-0.2, 0) is 6.54 Å². The molecule has 0 heterocycles. The highest BCUT2D eigenvalue weighted by Gasteiger charge is 2.14. The molecule has 0 bridgehead atoms. The third kappa shape index (κ3) is 3.03. The molecule has 0 amide bonds. The minimum Gasteiger partial charge on any atom is -0.285 e. The van der Waals surface area contributed by atoms with Crippen LogP contribution in [0.2, 0.25) is 0 Å². The fourth-order valence-corrected chi connectivity index (χ4v) is 2.64. The van der Waals surface area contributed by atoms with Crippen molar-refractivity contribution in [3.05, 3.63) is 83.4 Å². The molecule has 0 saturated carbocycles. The Morgan fingerprint density at radius 3 is 2.57 bits per heavy atom. The van der Waals surface area contributed by atoms with Gasteiger partial charge < -0.3 is 0 Å². The van der Waals surface area contributed by atoms with Crippen LogP contribution in [0.3, 0.4) is 0 Å². The van der Waals surface area contributed by atoms with Crippen LogP contribution in [0.4, 0.5) is 0 Å². The molecule has 2 aromatic carbocycles. The second-order valence-corrected chi connectivity index (χ2v) is 5.42. The molecule has 0 aromatic heterocycles. The summed E-state index contributed by atoms with van der Waals surface area (Å²) in [6.45, 7) is 7.04. The third-order valence-corrected chi connectivity index (χ3v) is 3.88. The van der Waals surface area contributed by atoms with Gasteiger partial charge in [0.2, 0.25) is 0 Å². The van der Waals surface area contributed by atoms with Crippen LogP contribution in [0.15, 0.2) is 71.7 Å². The lowest BCUT2D eigenvalue weighted by Crippen LogP contribution is -2.05. The standard InChI is InChI=1S/C20H19N/c1-15-12-19(13-18-10-6-7-11-20(15)18)16(2)21-14-17-8-4-3-5-9-17/h3-11,13H,1,12,14H2,2H3. The van der Waals surface area contributed by atoms with Gasteiger partial charge >= 0.3 is 0 Å². The molecular formula is C20H19N. The maximum atomic E-state index is 4.73. The number of aliphatic imine (C=N–C) groups is 1. The molecule has 0 radical (unpaired) electrons. The molecule has 0 fully saturated rings. The molecule has 0 saturated heterocycles. The molecule has 0 unspecified atom stereocenters. The Kier molecular flexibility index (Phi) is 3.83. The zero-order chi connectivity index (χ0) is 14.7. The van der Waals surface area contributed by atoms with E-state index in [1.165, 1.54) is 27.8 Å². The molecule has 0 N–H and O–H groups in total. The Hall–Kier alpha value is -2.41. The topological polar surface area (TPSA) is 12.4 Å². The monoisotopic (exact) mass is 273 g/mol. The predicted molar refractivity (Wildman–Crippen MR) is 91.3 cm³/mol. The van der Waals surface area contributed by atoms with Gasteiger partial charge in [-0.3, -0.25) is 4.99 Å². The predicted octanol–water partition coefficient (Wildman–Crippen LogP) is 5.15. The maximum Gasteiger partial charge on any atom is 0.0643 e. The summed E-state index contributed by atoms with van der Waals surface area (Å²) in [6, 6.07) is 18.8. The van der Waals surface area contributed by atoms with Gasteiger partial charge in [0.1, 0.15) is 0 Å². The summed E-state index contributed by atoms with van der Waals surface area (Å²) in [4.78, 5) is 4.73. The lowest BCUT2D eigenvalue weighted by Gasteiger charge is -2.18. The lowest BCUT2D eigenvalue weighted by molar-refractivity contribution is 1.06. The normalized spacial score (nSPS) is 14.6. The van der Waals surface area contributed by atoms with Crippen molar-refractivity contribution in [1.29, 1.82) is 0 Å². The number of rotatable bonds is 3. The number of benzene rings is 2.